The number of carbonyl (C=O) groups is 2. The Bertz CT molecular complexity index is 366. The van der Waals surface area contributed by atoms with Gasteiger partial charge in [0, 0.05) is 38.3 Å². The first-order chi connectivity index (χ1) is 9.48. The van der Waals surface area contributed by atoms with Crippen molar-refractivity contribution in [1.82, 2.24) is 10.2 Å². The van der Waals surface area contributed by atoms with E-state index in [4.69, 9.17) is 9.84 Å². The number of amides is 2. The summed E-state index contributed by atoms with van der Waals surface area (Å²) in [6.07, 6.45) is 3.43. The molecule has 2 N–H and O–H groups in total. The van der Waals surface area contributed by atoms with Gasteiger partial charge in [0.25, 0.3) is 0 Å². The molecule has 6 nitrogen and oxygen atoms in total. The fourth-order valence-corrected chi connectivity index (χ4v) is 2.86. The van der Waals surface area contributed by atoms with Crippen LogP contribution in [0, 0.1) is 5.92 Å². The van der Waals surface area contributed by atoms with Gasteiger partial charge in [-0.15, -0.1) is 0 Å². The maximum Gasteiger partial charge on any atom is 0.317 e. The van der Waals surface area contributed by atoms with Gasteiger partial charge in [-0.2, -0.15) is 0 Å². The molecule has 20 heavy (non-hydrogen) atoms. The van der Waals surface area contributed by atoms with E-state index in [0.717, 1.165) is 25.8 Å². The van der Waals surface area contributed by atoms with Gasteiger partial charge < -0.3 is 20.1 Å². The highest BCUT2D eigenvalue weighted by atomic mass is 16.5. The van der Waals surface area contributed by atoms with Gasteiger partial charge in [-0.05, 0) is 38.5 Å². The molecule has 2 fully saturated rings. The molecule has 0 radical (unpaired) electrons. The lowest BCUT2D eigenvalue weighted by atomic mass is 9.93. The molecule has 2 saturated heterocycles. The Morgan fingerprint density at radius 1 is 1.40 bits per heavy atom. The average Bonchev–Trinajstić information content (AvgIpc) is 2.85. The van der Waals surface area contributed by atoms with E-state index in [2.05, 4.69) is 12.2 Å². The summed E-state index contributed by atoms with van der Waals surface area (Å²) in [7, 11) is 0. The molecule has 2 heterocycles. The Balaban J connectivity index is 1.77. The molecule has 0 spiro atoms. The number of carboxylic acid groups (broad SMARTS) is 1. The summed E-state index contributed by atoms with van der Waals surface area (Å²) in [6.45, 7) is 4.84. The Morgan fingerprint density at radius 2 is 2.10 bits per heavy atom. The van der Waals surface area contributed by atoms with Crippen molar-refractivity contribution in [2.24, 2.45) is 5.92 Å². The summed E-state index contributed by atoms with van der Waals surface area (Å²) in [5.74, 6) is -0.443. The number of nitrogens with zero attached hydrogens (tertiary/aromatic N) is 1. The predicted molar refractivity (Wildman–Crippen MR) is 73.5 cm³/mol. The molecule has 0 aromatic rings. The Hall–Kier alpha value is -1.30. The first-order valence-corrected chi connectivity index (χ1v) is 7.35. The zero-order chi connectivity index (χ0) is 14.6. The summed E-state index contributed by atoms with van der Waals surface area (Å²) in [4.78, 5) is 24.6. The average molecular weight is 284 g/mol. The van der Waals surface area contributed by atoms with E-state index in [1.165, 1.54) is 0 Å². The van der Waals surface area contributed by atoms with Gasteiger partial charge >= 0.3 is 12.0 Å². The monoisotopic (exact) mass is 284 g/mol. The third kappa shape index (κ3) is 4.10. The van der Waals surface area contributed by atoms with Crippen molar-refractivity contribution in [2.45, 2.75) is 44.6 Å². The smallest absolute Gasteiger partial charge is 0.317 e. The van der Waals surface area contributed by atoms with E-state index in [9.17, 15) is 9.59 Å². The largest absolute Gasteiger partial charge is 0.481 e. The number of aliphatic carboxylic acids is 1. The quantitative estimate of drug-likeness (QED) is 0.819. The van der Waals surface area contributed by atoms with Crippen LogP contribution in [0.15, 0.2) is 0 Å². The van der Waals surface area contributed by atoms with Crippen LogP contribution in [0.2, 0.25) is 0 Å². The highest BCUT2D eigenvalue weighted by Gasteiger charge is 2.33. The van der Waals surface area contributed by atoms with Crippen LogP contribution in [0.5, 0.6) is 0 Å². The Kier molecular flexibility index (Phi) is 4.86. The van der Waals surface area contributed by atoms with Crippen molar-refractivity contribution < 1.29 is 19.4 Å². The van der Waals surface area contributed by atoms with Crippen molar-refractivity contribution in [1.29, 1.82) is 0 Å². The van der Waals surface area contributed by atoms with Crippen molar-refractivity contribution in [3.8, 4) is 0 Å². The van der Waals surface area contributed by atoms with Crippen molar-refractivity contribution in [3.63, 3.8) is 0 Å². The second-order valence-corrected chi connectivity index (χ2v) is 6.14. The molecule has 1 unspecified atom stereocenters. The molecule has 0 aliphatic carbocycles. The van der Waals surface area contributed by atoms with Gasteiger partial charge in [-0.25, -0.2) is 4.79 Å². The molecule has 2 rings (SSSR count). The molecular weight excluding hydrogens is 260 g/mol. The standard InChI is InChI=1S/C14H24N2O4/c1-14(5-8-20-9-6-14)15-13(19)16-7-4-11(10-16)2-3-12(17)18/h11H,2-10H2,1H3,(H,15,19)(H,17,18). The molecule has 2 amide bonds. The van der Waals surface area contributed by atoms with Gasteiger partial charge in [0.1, 0.15) is 0 Å². The predicted octanol–water partition coefficient (Wildman–Crippen LogP) is 1.45. The SMILES string of the molecule is CC1(NC(=O)N2CCC(CCC(=O)O)C2)CCOCC1. The molecular formula is C14H24N2O4. The van der Waals surface area contributed by atoms with Crippen LogP contribution in [0.25, 0.3) is 0 Å². The Morgan fingerprint density at radius 3 is 2.75 bits per heavy atom. The molecule has 1 atom stereocenters. The molecule has 0 bridgehead atoms. The number of carboxylic acids is 1. The number of likely N-dealkylation sites (tertiary alicyclic amines) is 1. The van der Waals surface area contributed by atoms with Crippen LogP contribution in [0.3, 0.4) is 0 Å². The lowest BCUT2D eigenvalue weighted by Crippen LogP contribution is -2.53. The molecule has 0 aromatic heterocycles. The lowest BCUT2D eigenvalue weighted by Gasteiger charge is -2.35. The van der Waals surface area contributed by atoms with Crippen molar-refractivity contribution in [2.75, 3.05) is 26.3 Å². The second-order valence-electron chi connectivity index (χ2n) is 6.14. The van der Waals surface area contributed by atoms with E-state index in [0.29, 0.717) is 32.1 Å². The number of hydrogen-bond donors (Lipinski definition) is 2. The van der Waals surface area contributed by atoms with E-state index >= 15 is 0 Å². The molecule has 0 aromatic carbocycles. The van der Waals surface area contributed by atoms with Gasteiger partial charge in [-0.3, -0.25) is 4.79 Å². The molecule has 2 aliphatic heterocycles. The van der Waals surface area contributed by atoms with Crippen LogP contribution in [-0.2, 0) is 9.53 Å². The molecule has 6 heteroatoms. The van der Waals surface area contributed by atoms with Crippen LogP contribution >= 0.6 is 0 Å². The number of hydrogen-bond acceptors (Lipinski definition) is 3. The molecule has 114 valence electrons. The maximum absolute atomic E-state index is 12.3. The van der Waals surface area contributed by atoms with Crippen molar-refractivity contribution >= 4 is 12.0 Å². The Labute approximate surface area is 119 Å². The minimum atomic E-state index is -0.761. The number of nitrogens with one attached hydrogen (secondary N) is 1. The number of ether oxygens (including phenoxy) is 1. The first-order valence-electron chi connectivity index (χ1n) is 7.35. The minimum absolute atomic E-state index is 0.0211. The third-order valence-electron chi connectivity index (χ3n) is 4.34. The third-order valence-corrected chi connectivity index (χ3v) is 4.34. The first kappa shape index (κ1) is 15.1. The number of carbonyl (C=O) groups excluding carboxylic acids is 1. The zero-order valence-corrected chi connectivity index (χ0v) is 12.1. The fourth-order valence-electron chi connectivity index (χ4n) is 2.86. The zero-order valence-electron chi connectivity index (χ0n) is 12.1. The summed E-state index contributed by atoms with van der Waals surface area (Å²) in [6, 6.07) is -0.0211. The van der Waals surface area contributed by atoms with Crippen LogP contribution in [0.4, 0.5) is 4.79 Å². The number of rotatable bonds is 4. The van der Waals surface area contributed by atoms with Crippen LogP contribution < -0.4 is 5.32 Å². The van der Waals surface area contributed by atoms with Gasteiger partial charge in [-0.1, -0.05) is 0 Å². The summed E-state index contributed by atoms with van der Waals surface area (Å²) in [5.41, 5.74) is -0.172. The van der Waals surface area contributed by atoms with Gasteiger partial charge in [0.05, 0.1) is 0 Å². The van der Waals surface area contributed by atoms with E-state index in [-0.39, 0.29) is 18.0 Å². The van der Waals surface area contributed by atoms with Crippen LogP contribution in [-0.4, -0.2) is 53.8 Å². The van der Waals surface area contributed by atoms with E-state index in [1.807, 2.05) is 4.90 Å². The molecule has 2 aliphatic rings. The van der Waals surface area contributed by atoms with Gasteiger partial charge in [0.2, 0.25) is 0 Å². The van der Waals surface area contributed by atoms with Crippen LogP contribution in [0.1, 0.15) is 39.0 Å². The number of urea groups is 1. The highest BCUT2D eigenvalue weighted by molar-refractivity contribution is 5.75. The topological polar surface area (TPSA) is 78.9 Å². The lowest BCUT2D eigenvalue weighted by molar-refractivity contribution is -0.137. The highest BCUT2D eigenvalue weighted by Crippen LogP contribution is 2.23. The fraction of sp³-hybridized carbons (Fsp3) is 0.857. The van der Waals surface area contributed by atoms with Crippen molar-refractivity contribution in [3.05, 3.63) is 0 Å². The van der Waals surface area contributed by atoms with E-state index < -0.39 is 5.97 Å². The summed E-state index contributed by atoms with van der Waals surface area (Å²) < 4.78 is 5.32. The second kappa shape index (κ2) is 6.43. The normalized spacial score (nSPS) is 25.4. The van der Waals surface area contributed by atoms with E-state index in [1.54, 1.807) is 0 Å². The molecule has 0 saturated carbocycles. The minimum Gasteiger partial charge on any atom is -0.481 e. The maximum atomic E-state index is 12.3. The summed E-state index contributed by atoms with van der Waals surface area (Å²) in [5, 5.41) is 11.8. The summed E-state index contributed by atoms with van der Waals surface area (Å²) >= 11 is 0. The van der Waals surface area contributed by atoms with Gasteiger partial charge in [0.15, 0.2) is 0 Å².